The van der Waals surface area contributed by atoms with Crippen LogP contribution in [0.15, 0.2) is 30.5 Å². The van der Waals surface area contributed by atoms with Gasteiger partial charge in [-0.1, -0.05) is 17.7 Å². The maximum Gasteiger partial charge on any atom is 0.166 e. The minimum absolute atomic E-state index is 0.204. The summed E-state index contributed by atoms with van der Waals surface area (Å²) in [6.45, 7) is 0. The molecule has 1 aliphatic rings. The van der Waals surface area contributed by atoms with E-state index in [4.69, 9.17) is 11.6 Å². The van der Waals surface area contributed by atoms with Crippen LogP contribution in [-0.2, 0) is 6.42 Å². The molecule has 0 amide bonds. The Morgan fingerprint density at radius 3 is 2.89 bits per heavy atom. The molecule has 1 heterocycles. The second-order valence-electron chi connectivity index (χ2n) is 4.53. The molecule has 0 N–H and O–H groups in total. The molecule has 3 rings (SSSR count). The van der Waals surface area contributed by atoms with Crippen molar-refractivity contribution in [3.63, 3.8) is 0 Å². The van der Waals surface area contributed by atoms with E-state index in [9.17, 15) is 4.79 Å². The molecule has 0 fully saturated rings. The first kappa shape index (κ1) is 11.5. The smallest absolute Gasteiger partial charge is 0.166 e. The Bertz CT molecular complexity index is 604. The molecule has 4 heteroatoms. The van der Waals surface area contributed by atoms with E-state index in [0.29, 0.717) is 11.4 Å². The van der Waals surface area contributed by atoms with Gasteiger partial charge in [-0.15, -0.1) is 0 Å². The number of hydrogen-bond acceptors (Lipinski definition) is 2. The molecule has 0 bridgehead atoms. The second-order valence-corrected chi connectivity index (χ2v) is 4.96. The fourth-order valence-corrected chi connectivity index (χ4v) is 2.57. The van der Waals surface area contributed by atoms with Crippen LogP contribution in [-0.4, -0.2) is 15.6 Å². The minimum atomic E-state index is 0.204. The highest BCUT2D eigenvalue weighted by Crippen LogP contribution is 2.24. The summed E-state index contributed by atoms with van der Waals surface area (Å²) in [6.07, 6.45) is 5.21. The third-order valence-electron chi connectivity index (χ3n) is 3.29. The molecule has 0 unspecified atom stereocenters. The molecule has 3 nitrogen and oxygen atoms in total. The van der Waals surface area contributed by atoms with E-state index >= 15 is 0 Å². The normalized spacial score (nSPS) is 15.3. The van der Waals surface area contributed by atoms with E-state index in [1.54, 1.807) is 6.20 Å². The summed E-state index contributed by atoms with van der Waals surface area (Å²) in [7, 11) is 0. The van der Waals surface area contributed by atoms with Gasteiger partial charge in [0, 0.05) is 11.4 Å². The topological polar surface area (TPSA) is 34.9 Å². The SMILES string of the molecule is O=C1CCCCc2c1cnn2-c1cccc(Cl)c1. The summed E-state index contributed by atoms with van der Waals surface area (Å²) in [5, 5.41) is 5.02. The van der Waals surface area contributed by atoms with E-state index in [1.165, 1.54) is 0 Å². The Hall–Kier alpha value is -1.61. The lowest BCUT2D eigenvalue weighted by Crippen LogP contribution is -2.04. The number of carbonyl (C=O) groups is 1. The molecule has 1 aromatic carbocycles. The predicted molar refractivity (Wildman–Crippen MR) is 70.5 cm³/mol. The van der Waals surface area contributed by atoms with Gasteiger partial charge in [-0.25, -0.2) is 4.68 Å². The van der Waals surface area contributed by atoms with Gasteiger partial charge in [0.2, 0.25) is 0 Å². The number of hydrogen-bond donors (Lipinski definition) is 0. The highest BCUT2D eigenvalue weighted by molar-refractivity contribution is 6.30. The molecule has 2 aromatic rings. The molecular formula is C14H13ClN2O. The number of ketones is 1. The van der Waals surface area contributed by atoms with Crippen molar-refractivity contribution in [1.29, 1.82) is 0 Å². The summed E-state index contributed by atoms with van der Waals surface area (Å²) >= 11 is 6.00. The largest absolute Gasteiger partial charge is 0.294 e. The van der Waals surface area contributed by atoms with Crippen LogP contribution in [0.4, 0.5) is 0 Å². The molecule has 1 aromatic heterocycles. The van der Waals surface area contributed by atoms with Crippen molar-refractivity contribution in [3.8, 4) is 5.69 Å². The zero-order valence-corrected chi connectivity index (χ0v) is 10.7. The summed E-state index contributed by atoms with van der Waals surface area (Å²) < 4.78 is 1.84. The average molecular weight is 261 g/mol. The summed E-state index contributed by atoms with van der Waals surface area (Å²) in [4.78, 5) is 11.9. The summed E-state index contributed by atoms with van der Waals surface area (Å²) in [5.74, 6) is 0.204. The van der Waals surface area contributed by atoms with Crippen molar-refractivity contribution in [2.75, 3.05) is 0 Å². The third kappa shape index (κ3) is 1.95. The average Bonchev–Trinajstić information content (AvgIpc) is 2.70. The number of rotatable bonds is 1. The molecular weight excluding hydrogens is 248 g/mol. The second kappa shape index (κ2) is 4.58. The lowest BCUT2D eigenvalue weighted by Gasteiger charge is -2.07. The van der Waals surface area contributed by atoms with E-state index < -0.39 is 0 Å². The van der Waals surface area contributed by atoms with Crippen LogP contribution < -0.4 is 0 Å². The molecule has 92 valence electrons. The number of benzene rings is 1. The van der Waals surface area contributed by atoms with Crippen LogP contribution in [0.1, 0.15) is 35.3 Å². The Balaban J connectivity index is 2.11. The van der Waals surface area contributed by atoms with E-state index in [1.807, 2.05) is 28.9 Å². The van der Waals surface area contributed by atoms with Crippen molar-refractivity contribution in [2.45, 2.75) is 25.7 Å². The standard InChI is InChI=1S/C14H13ClN2O/c15-10-4-3-5-11(8-10)17-13-6-1-2-7-14(18)12(13)9-16-17/h3-5,8-9H,1-2,6-7H2. The zero-order chi connectivity index (χ0) is 12.5. The number of carbonyl (C=O) groups excluding carboxylic acids is 1. The molecule has 0 saturated heterocycles. The molecule has 0 aliphatic heterocycles. The third-order valence-corrected chi connectivity index (χ3v) is 3.52. The molecule has 18 heavy (non-hydrogen) atoms. The maximum absolute atomic E-state index is 11.9. The molecule has 0 radical (unpaired) electrons. The van der Waals surface area contributed by atoms with Gasteiger partial charge in [0.15, 0.2) is 5.78 Å². The summed E-state index contributed by atoms with van der Waals surface area (Å²) in [6, 6.07) is 7.54. The van der Waals surface area contributed by atoms with Crippen LogP contribution in [0.25, 0.3) is 5.69 Å². The number of Topliss-reactive ketones (excluding diaryl/α,β-unsaturated/α-hetero) is 1. The van der Waals surface area contributed by atoms with Gasteiger partial charge < -0.3 is 0 Å². The van der Waals surface area contributed by atoms with E-state index in [2.05, 4.69) is 5.10 Å². The maximum atomic E-state index is 11.9. The lowest BCUT2D eigenvalue weighted by molar-refractivity contribution is 0.0982. The molecule has 0 saturated carbocycles. The molecule has 1 aliphatic carbocycles. The zero-order valence-electron chi connectivity index (χ0n) is 9.90. The highest BCUT2D eigenvalue weighted by atomic mass is 35.5. The number of fused-ring (bicyclic) bond motifs is 1. The van der Waals surface area contributed by atoms with Gasteiger partial charge in [-0.2, -0.15) is 5.10 Å². The number of nitrogens with zero attached hydrogens (tertiary/aromatic N) is 2. The van der Waals surface area contributed by atoms with E-state index in [0.717, 1.165) is 36.2 Å². The Morgan fingerprint density at radius 1 is 1.22 bits per heavy atom. The van der Waals surface area contributed by atoms with Crippen molar-refractivity contribution in [1.82, 2.24) is 9.78 Å². The number of halogens is 1. The van der Waals surface area contributed by atoms with Crippen LogP contribution in [0.3, 0.4) is 0 Å². The van der Waals surface area contributed by atoms with Gasteiger partial charge in [0.25, 0.3) is 0 Å². The fraction of sp³-hybridized carbons (Fsp3) is 0.286. The van der Waals surface area contributed by atoms with Crippen LogP contribution >= 0.6 is 11.6 Å². The summed E-state index contributed by atoms with van der Waals surface area (Å²) in [5.41, 5.74) is 2.70. The van der Waals surface area contributed by atoms with Crippen molar-refractivity contribution >= 4 is 17.4 Å². The Morgan fingerprint density at radius 2 is 2.06 bits per heavy atom. The van der Waals surface area contributed by atoms with Crippen LogP contribution in [0.5, 0.6) is 0 Å². The Kier molecular flexibility index (Phi) is 2.92. The highest BCUT2D eigenvalue weighted by Gasteiger charge is 2.20. The van der Waals surface area contributed by atoms with Gasteiger partial charge in [-0.3, -0.25) is 4.79 Å². The van der Waals surface area contributed by atoms with Crippen LogP contribution in [0, 0.1) is 0 Å². The fourth-order valence-electron chi connectivity index (χ4n) is 2.39. The quantitative estimate of drug-likeness (QED) is 0.737. The van der Waals surface area contributed by atoms with Crippen molar-refractivity contribution < 1.29 is 4.79 Å². The van der Waals surface area contributed by atoms with Gasteiger partial charge >= 0.3 is 0 Å². The lowest BCUT2D eigenvalue weighted by atomic mass is 10.1. The van der Waals surface area contributed by atoms with Crippen molar-refractivity contribution in [2.24, 2.45) is 0 Å². The van der Waals surface area contributed by atoms with Gasteiger partial charge in [-0.05, 0) is 37.5 Å². The predicted octanol–water partition coefficient (Wildman–Crippen LogP) is 3.43. The first-order valence-corrected chi connectivity index (χ1v) is 6.49. The van der Waals surface area contributed by atoms with E-state index in [-0.39, 0.29) is 5.78 Å². The Labute approximate surface area is 110 Å². The van der Waals surface area contributed by atoms with Gasteiger partial charge in [0.1, 0.15) is 0 Å². The molecule has 0 atom stereocenters. The molecule has 0 spiro atoms. The first-order chi connectivity index (χ1) is 8.75. The first-order valence-electron chi connectivity index (χ1n) is 6.12. The van der Waals surface area contributed by atoms with Crippen molar-refractivity contribution in [3.05, 3.63) is 46.7 Å². The minimum Gasteiger partial charge on any atom is -0.294 e. The number of aromatic nitrogens is 2. The monoisotopic (exact) mass is 260 g/mol. The van der Waals surface area contributed by atoms with Crippen LogP contribution in [0.2, 0.25) is 5.02 Å². The van der Waals surface area contributed by atoms with Gasteiger partial charge in [0.05, 0.1) is 23.1 Å².